The van der Waals surface area contributed by atoms with Crippen LogP contribution in [0.15, 0.2) is 0 Å². The lowest BCUT2D eigenvalue weighted by Gasteiger charge is -2.35. The van der Waals surface area contributed by atoms with Crippen molar-refractivity contribution in [2.75, 3.05) is 19.6 Å². The fraction of sp³-hybridized carbons (Fsp3) is 1.00. The molecule has 0 spiro atoms. The maximum absolute atomic E-state index is 8.42. The van der Waals surface area contributed by atoms with Crippen molar-refractivity contribution < 1.29 is 20.0 Å². The summed E-state index contributed by atoms with van der Waals surface area (Å²) in [7, 11) is -2.92. The van der Waals surface area contributed by atoms with Crippen LogP contribution in [-0.2, 0) is 0 Å². The van der Waals surface area contributed by atoms with Gasteiger partial charge in [-0.3, -0.25) is 7.32 Å². The van der Waals surface area contributed by atoms with Gasteiger partial charge in [-0.25, -0.2) is 0 Å². The van der Waals surface area contributed by atoms with Gasteiger partial charge < -0.3 is 20.0 Å². The van der Waals surface area contributed by atoms with Gasteiger partial charge in [0.1, 0.15) is 0 Å². The average Bonchev–Trinajstić information content (AvgIpc) is 1.90. The van der Waals surface area contributed by atoms with E-state index in [-0.39, 0.29) is 0 Å². The van der Waals surface area contributed by atoms with E-state index in [1.54, 1.807) is 4.90 Å². The van der Waals surface area contributed by atoms with Crippen LogP contribution in [0.1, 0.15) is 20.8 Å². The van der Waals surface area contributed by atoms with Crippen molar-refractivity contribution in [2.24, 2.45) is 0 Å². The third-order valence-corrected chi connectivity index (χ3v) is 1.50. The van der Waals surface area contributed by atoms with Crippen LogP contribution in [0.25, 0.3) is 0 Å². The van der Waals surface area contributed by atoms with Gasteiger partial charge in [0.15, 0.2) is 0 Å². The maximum Gasteiger partial charge on any atom is 0.0742 e. The van der Waals surface area contributed by atoms with Gasteiger partial charge in [0.2, 0.25) is 0 Å². The van der Waals surface area contributed by atoms with Crippen molar-refractivity contribution in [1.29, 1.82) is 0 Å². The van der Waals surface area contributed by atoms with E-state index in [2.05, 4.69) is 20.8 Å². The molecule has 0 aromatic heterocycles. The highest BCUT2D eigenvalue weighted by atomic mass is 16.5. The fourth-order valence-electron chi connectivity index (χ4n) is 0.750. The Bertz CT molecular complexity index is 60.6. The predicted octanol–water partition coefficient (Wildman–Crippen LogP) is -4.02. The number of hydrogen-bond acceptors (Lipinski definition) is 3. The number of quaternary nitrogens is 1. The van der Waals surface area contributed by atoms with Crippen LogP contribution in [0.4, 0.5) is 0 Å². The molecular formula is C6H16BNO3-2. The second-order valence-electron chi connectivity index (χ2n) is 2.10. The molecule has 0 aromatic carbocycles. The number of hydrogen-bond donors (Lipinski definition) is 1. The average molecular weight is 161 g/mol. The summed E-state index contributed by atoms with van der Waals surface area (Å²) < 4.78 is 0. The van der Waals surface area contributed by atoms with Gasteiger partial charge in [-0.05, 0) is 20.8 Å². The lowest BCUT2D eigenvalue weighted by atomic mass is 10.3. The standard InChI is InChI=1S/C6H15N.BO3/c1-4-7(5-2)6-3;2-1(3)4/h4-6H2,1-3H3;/q;-3/p+1. The van der Waals surface area contributed by atoms with Crippen molar-refractivity contribution >= 4 is 7.32 Å². The van der Waals surface area contributed by atoms with E-state index in [0.29, 0.717) is 0 Å². The van der Waals surface area contributed by atoms with Crippen LogP contribution in [0.5, 0.6) is 0 Å². The molecule has 0 saturated heterocycles. The Labute approximate surface area is 68.6 Å². The van der Waals surface area contributed by atoms with Crippen molar-refractivity contribution in [3.05, 3.63) is 0 Å². The lowest BCUT2D eigenvalue weighted by molar-refractivity contribution is -0.894. The van der Waals surface area contributed by atoms with Crippen LogP contribution in [-0.4, -0.2) is 27.0 Å². The first kappa shape index (κ1) is 13.5. The summed E-state index contributed by atoms with van der Waals surface area (Å²) in [6.07, 6.45) is 0. The minimum Gasteiger partial charge on any atom is -0.907 e. The molecule has 0 heterocycles. The number of rotatable bonds is 3. The molecule has 0 aliphatic rings. The van der Waals surface area contributed by atoms with Crippen LogP contribution in [0, 0.1) is 0 Å². The van der Waals surface area contributed by atoms with Crippen molar-refractivity contribution in [3.63, 3.8) is 0 Å². The fourth-order valence-corrected chi connectivity index (χ4v) is 0.750. The molecular weight excluding hydrogens is 145 g/mol. The molecule has 11 heavy (non-hydrogen) atoms. The van der Waals surface area contributed by atoms with E-state index in [9.17, 15) is 0 Å². The Hall–Kier alpha value is -0.0951. The maximum atomic E-state index is 8.42. The second-order valence-corrected chi connectivity index (χ2v) is 2.10. The van der Waals surface area contributed by atoms with E-state index in [4.69, 9.17) is 15.1 Å². The monoisotopic (exact) mass is 161 g/mol. The summed E-state index contributed by atoms with van der Waals surface area (Å²) in [5.41, 5.74) is 0. The zero-order valence-corrected chi connectivity index (χ0v) is 7.42. The highest BCUT2D eigenvalue weighted by Crippen LogP contribution is 1.45. The van der Waals surface area contributed by atoms with Gasteiger partial charge in [-0.2, -0.15) is 0 Å². The summed E-state index contributed by atoms with van der Waals surface area (Å²) in [6.45, 7) is 10.5. The van der Waals surface area contributed by atoms with Crippen LogP contribution in [0.3, 0.4) is 0 Å². The second kappa shape index (κ2) is 9.90. The molecule has 0 bridgehead atoms. The van der Waals surface area contributed by atoms with E-state index in [0.717, 1.165) is 0 Å². The molecule has 0 rings (SSSR count). The molecule has 0 unspecified atom stereocenters. The third kappa shape index (κ3) is 17.8. The number of nitrogens with one attached hydrogen (secondary N) is 1. The zero-order valence-electron chi connectivity index (χ0n) is 7.42. The molecule has 0 fully saturated rings. The minimum absolute atomic E-state index is 1.27. The Kier molecular flexibility index (Phi) is 12.1. The first-order chi connectivity index (χ1) is 5.08. The summed E-state index contributed by atoms with van der Waals surface area (Å²) in [6, 6.07) is 0. The molecule has 0 radical (unpaired) electrons. The van der Waals surface area contributed by atoms with Crippen LogP contribution >= 0.6 is 0 Å². The van der Waals surface area contributed by atoms with E-state index in [1.165, 1.54) is 19.6 Å². The first-order valence-electron chi connectivity index (χ1n) is 3.89. The first-order valence-corrected chi connectivity index (χ1v) is 3.89. The zero-order chi connectivity index (χ0) is 9.28. The van der Waals surface area contributed by atoms with Gasteiger partial charge in [-0.1, -0.05) is 0 Å². The Balaban J connectivity index is 0. The molecule has 1 N–H and O–H groups in total. The molecule has 0 amide bonds. The summed E-state index contributed by atoms with van der Waals surface area (Å²) in [5, 5.41) is 25.2. The Morgan fingerprint density at radius 1 is 0.909 bits per heavy atom. The smallest absolute Gasteiger partial charge is 0.0742 e. The molecule has 68 valence electrons. The SMILES string of the molecule is CC[NH+](CC)CC.[O-]B([O-])[O-]. The van der Waals surface area contributed by atoms with Gasteiger partial charge in [0.25, 0.3) is 0 Å². The lowest BCUT2D eigenvalue weighted by Crippen LogP contribution is -3.11. The van der Waals surface area contributed by atoms with Crippen LogP contribution < -0.4 is 20.0 Å². The Morgan fingerprint density at radius 3 is 1.09 bits per heavy atom. The molecule has 0 atom stereocenters. The molecule has 4 nitrogen and oxygen atoms in total. The predicted molar refractivity (Wildman–Crippen MR) is 38.3 cm³/mol. The largest absolute Gasteiger partial charge is 0.907 e. The quantitative estimate of drug-likeness (QED) is 0.428. The molecule has 0 aliphatic heterocycles. The van der Waals surface area contributed by atoms with Crippen LogP contribution in [0.2, 0.25) is 0 Å². The Morgan fingerprint density at radius 2 is 1.09 bits per heavy atom. The highest BCUT2D eigenvalue weighted by Gasteiger charge is 1.92. The normalized spacial score (nSPS) is 9.00. The minimum atomic E-state index is -2.92. The van der Waals surface area contributed by atoms with Crippen molar-refractivity contribution in [3.8, 4) is 0 Å². The van der Waals surface area contributed by atoms with E-state index >= 15 is 0 Å². The summed E-state index contributed by atoms with van der Waals surface area (Å²) in [4.78, 5) is 1.68. The highest BCUT2D eigenvalue weighted by molar-refractivity contribution is 6.24. The van der Waals surface area contributed by atoms with Crippen molar-refractivity contribution in [1.82, 2.24) is 0 Å². The third-order valence-electron chi connectivity index (χ3n) is 1.50. The van der Waals surface area contributed by atoms with E-state index in [1.807, 2.05) is 0 Å². The van der Waals surface area contributed by atoms with Gasteiger partial charge in [0.05, 0.1) is 19.6 Å². The van der Waals surface area contributed by atoms with Gasteiger partial charge in [0, 0.05) is 0 Å². The van der Waals surface area contributed by atoms with Gasteiger partial charge in [-0.15, -0.1) is 0 Å². The van der Waals surface area contributed by atoms with Gasteiger partial charge >= 0.3 is 0 Å². The van der Waals surface area contributed by atoms with E-state index < -0.39 is 7.32 Å². The molecule has 0 aromatic rings. The summed E-state index contributed by atoms with van der Waals surface area (Å²) >= 11 is 0. The molecule has 5 heteroatoms. The van der Waals surface area contributed by atoms with Crippen molar-refractivity contribution in [2.45, 2.75) is 20.8 Å². The molecule has 0 saturated carbocycles. The topological polar surface area (TPSA) is 73.6 Å². The molecule has 0 aliphatic carbocycles. The summed E-state index contributed by atoms with van der Waals surface area (Å²) in [5.74, 6) is 0.